The van der Waals surface area contributed by atoms with Crippen LogP contribution in [0.5, 0.6) is 5.75 Å². The third kappa shape index (κ3) is 5.49. The van der Waals surface area contributed by atoms with E-state index in [0.29, 0.717) is 23.9 Å². The molecule has 1 amide bonds. The second-order valence-electron chi connectivity index (χ2n) is 5.36. The number of nitrogens with zero attached hydrogens (tertiary/aromatic N) is 1. The lowest BCUT2D eigenvalue weighted by atomic mass is 10.1. The van der Waals surface area contributed by atoms with Gasteiger partial charge in [-0.3, -0.25) is 4.79 Å². The molecule has 2 rings (SSSR count). The summed E-state index contributed by atoms with van der Waals surface area (Å²) in [6.07, 6.45) is 0.260. The van der Waals surface area contributed by atoms with Crippen LogP contribution in [-0.4, -0.2) is 31.0 Å². The Morgan fingerprint density at radius 2 is 2.00 bits per heavy atom. The lowest BCUT2D eigenvalue weighted by Gasteiger charge is -2.17. The van der Waals surface area contributed by atoms with Gasteiger partial charge in [0.25, 0.3) is 0 Å². The van der Waals surface area contributed by atoms with Crippen molar-refractivity contribution in [3.8, 4) is 5.75 Å². The van der Waals surface area contributed by atoms with Crippen molar-refractivity contribution in [3.63, 3.8) is 0 Å². The topological polar surface area (TPSA) is 29.5 Å². The number of hydrogen-bond acceptors (Lipinski definition) is 2. The number of benzene rings is 2. The summed E-state index contributed by atoms with van der Waals surface area (Å²) in [7, 11) is 1.64. The van der Waals surface area contributed by atoms with E-state index in [4.69, 9.17) is 16.3 Å². The fraction of sp³-hybridized carbons (Fsp3) is 0.278. The van der Waals surface area contributed by atoms with Crippen LogP contribution in [0.1, 0.15) is 12.0 Å². The SMILES string of the molecule is CN(CCOc1cccc(Cl)c1)C(=O)CCc1cc(F)ccc1F. The van der Waals surface area contributed by atoms with Gasteiger partial charge in [0.05, 0.1) is 6.54 Å². The van der Waals surface area contributed by atoms with E-state index in [-0.39, 0.29) is 24.3 Å². The number of hydrogen-bond donors (Lipinski definition) is 0. The first-order valence-electron chi connectivity index (χ1n) is 7.52. The maximum absolute atomic E-state index is 13.5. The Bertz CT molecular complexity index is 709. The van der Waals surface area contributed by atoms with Gasteiger partial charge in [0.15, 0.2) is 0 Å². The largest absolute Gasteiger partial charge is 0.492 e. The third-order valence-electron chi connectivity index (χ3n) is 3.53. The minimum absolute atomic E-state index is 0.105. The van der Waals surface area contributed by atoms with Gasteiger partial charge in [0.1, 0.15) is 24.0 Å². The molecule has 0 aliphatic rings. The highest BCUT2D eigenvalue weighted by Gasteiger charge is 2.11. The van der Waals surface area contributed by atoms with Gasteiger partial charge in [-0.2, -0.15) is 0 Å². The number of likely N-dealkylation sites (N-methyl/N-ethyl adjacent to an activating group) is 1. The molecule has 0 aliphatic carbocycles. The molecule has 0 heterocycles. The number of halogens is 3. The minimum atomic E-state index is -0.512. The van der Waals surface area contributed by atoms with Crippen molar-refractivity contribution >= 4 is 17.5 Å². The number of ether oxygens (including phenoxy) is 1. The molecule has 0 atom stereocenters. The molecule has 2 aromatic carbocycles. The Morgan fingerprint density at radius 1 is 1.21 bits per heavy atom. The Hall–Kier alpha value is -2.14. The minimum Gasteiger partial charge on any atom is -0.492 e. The summed E-state index contributed by atoms with van der Waals surface area (Å²) >= 11 is 5.86. The fourth-order valence-electron chi connectivity index (χ4n) is 2.15. The first-order valence-corrected chi connectivity index (χ1v) is 7.90. The lowest BCUT2D eigenvalue weighted by Crippen LogP contribution is -2.31. The van der Waals surface area contributed by atoms with E-state index in [1.165, 1.54) is 4.90 Å². The van der Waals surface area contributed by atoms with E-state index in [1.807, 2.05) is 0 Å². The average Bonchev–Trinajstić information content (AvgIpc) is 2.55. The number of aryl methyl sites for hydroxylation is 1. The van der Waals surface area contributed by atoms with Crippen LogP contribution < -0.4 is 4.74 Å². The van der Waals surface area contributed by atoms with Crippen LogP contribution in [-0.2, 0) is 11.2 Å². The van der Waals surface area contributed by atoms with Gasteiger partial charge >= 0.3 is 0 Å². The third-order valence-corrected chi connectivity index (χ3v) is 3.77. The predicted molar refractivity (Wildman–Crippen MR) is 89.3 cm³/mol. The van der Waals surface area contributed by atoms with Gasteiger partial charge in [-0.05, 0) is 48.4 Å². The van der Waals surface area contributed by atoms with Crippen LogP contribution in [0.4, 0.5) is 8.78 Å². The summed E-state index contributed by atoms with van der Waals surface area (Å²) in [6, 6.07) is 10.2. The molecule has 0 bridgehead atoms. The van der Waals surface area contributed by atoms with Crippen molar-refractivity contribution in [3.05, 3.63) is 64.7 Å². The predicted octanol–water partition coefficient (Wildman–Crippen LogP) is 4.09. The number of rotatable bonds is 7. The van der Waals surface area contributed by atoms with Crippen molar-refractivity contribution in [1.29, 1.82) is 0 Å². The highest BCUT2D eigenvalue weighted by Crippen LogP contribution is 2.17. The standard InChI is InChI=1S/C18H18ClF2NO2/c1-22(9-10-24-16-4-2-3-14(19)12-16)18(23)8-5-13-11-15(20)6-7-17(13)21/h2-4,6-7,11-12H,5,8-10H2,1H3. The average molecular weight is 354 g/mol. The van der Waals surface area contributed by atoms with Crippen LogP contribution in [0.2, 0.25) is 5.02 Å². The van der Waals surface area contributed by atoms with E-state index in [0.717, 1.165) is 18.2 Å². The van der Waals surface area contributed by atoms with E-state index in [1.54, 1.807) is 31.3 Å². The first kappa shape index (κ1) is 18.2. The summed E-state index contributed by atoms with van der Waals surface area (Å²) in [5.41, 5.74) is 0.201. The summed E-state index contributed by atoms with van der Waals surface area (Å²) in [5.74, 6) is -0.545. The molecular weight excluding hydrogens is 336 g/mol. The second kappa shape index (κ2) is 8.64. The van der Waals surface area contributed by atoms with E-state index < -0.39 is 11.6 Å². The Kier molecular flexibility index (Phi) is 6.55. The Morgan fingerprint density at radius 3 is 2.75 bits per heavy atom. The Balaban J connectivity index is 1.76. The Labute approximate surface area is 144 Å². The number of carbonyl (C=O) groups excluding carboxylic acids is 1. The fourth-order valence-corrected chi connectivity index (χ4v) is 2.33. The molecule has 0 N–H and O–H groups in total. The van der Waals surface area contributed by atoms with Gasteiger partial charge in [0, 0.05) is 18.5 Å². The maximum atomic E-state index is 13.5. The van der Waals surface area contributed by atoms with Crippen LogP contribution in [0.25, 0.3) is 0 Å². The summed E-state index contributed by atoms with van der Waals surface area (Å²) in [4.78, 5) is 13.5. The molecule has 0 radical (unpaired) electrons. The van der Waals surface area contributed by atoms with Crippen molar-refractivity contribution in [2.45, 2.75) is 12.8 Å². The van der Waals surface area contributed by atoms with E-state index >= 15 is 0 Å². The summed E-state index contributed by atoms with van der Waals surface area (Å²) in [5, 5.41) is 0.578. The molecule has 0 aliphatic heterocycles. The van der Waals surface area contributed by atoms with Crippen molar-refractivity contribution in [1.82, 2.24) is 4.90 Å². The molecule has 128 valence electrons. The van der Waals surface area contributed by atoms with Gasteiger partial charge in [-0.25, -0.2) is 8.78 Å². The van der Waals surface area contributed by atoms with E-state index in [2.05, 4.69) is 0 Å². The van der Waals surface area contributed by atoms with Crippen LogP contribution in [0.15, 0.2) is 42.5 Å². The highest BCUT2D eigenvalue weighted by molar-refractivity contribution is 6.30. The molecule has 2 aromatic rings. The van der Waals surface area contributed by atoms with Gasteiger partial charge in [-0.1, -0.05) is 17.7 Å². The number of carbonyl (C=O) groups is 1. The molecule has 6 heteroatoms. The molecule has 0 saturated heterocycles. The molecule has 0 aromatic heterocycles. The van der Waals surface area contributed by atoms with Crippen LogP contribution >= 0.6 is 11.6 Å². The lowest BCUT2D eigenvalue weighted by molar-refractivity contribution is -0.130. The van der Waals surface area contributed by atoms with Crippen LogP contribution in [0.3, 0.4) is 0 Å². The van der Waals surface area contributed by atoms with Crippen molar-refractivity contribution in [2.75, 3.05) is 20.2 Å². The molecule has 0 saturated carbocycles. The molecule has 0 fully saturated rings. The molecular formula is C18H18ClF2NO2. The monoisotopic (exact) mass is 353 g/mol. The molecule has 0 spiro atoms. The zero-order valence-electron chi connectivity index (χ0n) is 13.3. The second-order valence-corrected chi connectivity index (χ2v) is 5.79. The van der Waals surface area contributed by atoms with E-state index in [9.17, 15) is 13.6 Å². The molecule has 3 nitrogen and oxygen atoms in total. The molecule has 0 unspecified atom stereocenters. The quantitative estimate of drug-likeness (QED) is 0.750. The zero-order valence-corrected chi connectivity index (χ0v) is 14.0. The number of amides is 1. The van der Waals surface area contributed by atoms with Gasteiger partial charge < -0.3 is 9.64 Å². The maximum Gasteiger partial charge on any atom is 0.222 e. The normalized spacial score (nSPS) is 10.5. The van der Waals surface area contributed by atoms with Gasteiger partial charge in [0.2, 0.25) is 5.91 Å². The van der Waals surface area contributed by atoms with Crippen LogP contribution in [0, 0.1) is 11.6 Å². The van der Waals surface area contributed by atoms with Crippen molar-refractivity contribution < 1.29 is 18.3 Å². The van der Waals surface area contributed by atoms with Crippen molar-refractivity contribution in [2.24, 2.45) is 0 Å². The zero-order chi connectivity index (χ0) is 17.5. The summed E-state index contributed by atoms with van der Waals surface area (Å²) < 4.78 is 32.1. The first-order chi connectivity index (χ1) is 11.5. The highest BCUT2D eigenvalue weighted by atomic mass is 35.5. The summed E-state index contributed by atoms with van der Waals surface area (Å²) in [6.45, 7) is 0.702. The molecule has 24 heavy (non-hydrogen) atoms. The smallest absolute Gasteiger partial charge is 0.222 e. The van der Waals surface area contributed by atoms with Gasteiger partial charge in [-0.15, -0.1) is 0 Å².